The average Bonchev–Trinajstić information content (AvgIpc) is 2.34. The smallest absolute Gasteiger partial charge is 0.376 e. The molecule has 16 heavy (non-hydrogen) atoms. The van der Waals surface area contributed by atoms with E-state index in [1.54, 1.807) is 0 Å². The van der Waals surface area contributed by atoms with Crippen molar-refractivity contribution in [3.05, 3.63) is 12.0 Å². The molecule has 0 atom stereocenters. The van der Waals surface area contributed by atoms with Crippen LogP contribution in [0.5, 0.6) is 0 Å². The van der Waals surface area contributed by atoms with Gasteiger partial charge in [0.25, 0.3) is 0 Å². The van der Waals surface area contributed by atoms with Crippen LogP contribution in [0.3, 0.4) is 0 Å². The van der Waals surface area contributed by atoms with Gasteiger partial charge in [-0.3, -0.25) is 0 Å². The number of hydrogen-bond donors (Lipinski definition) is 1. The van der Waals surface area contributed by atoms with Crippen molar-refractivity contribution in [2.45, 2.75) is 51.6 Å². The molecule has 0 aliphatic heterocycles. The highest BCUT2D eigenvalue weighted by atomic mass is 16.5. The van der Waals surface area contributed by atoms with Crippen molar-refractivity contribution in [3.63, 3.8) is 0 Å². The summed E-state index contributed by atoms with van der Waals surface area (Å²) in [7, 11) is 0. The van der Waals surface area contributed by atoms with E-state index in [2.05, 4.69) is 0 Å². The molecular weight excluding hydrogens is 208 g/mol. The Kier molecular flexibility index (Phi) is 5.75. The molecule has 0 aromatic heterocycles. The SMILES string of the molecule is CCCOC(=O)C(O)=COC1CCCCC1. The van der Waals surface area contributed by atoms with Crippen molar-refractivity contribution in [1.29, 1.82) is 0 Å². The van der Waals surface area contributed by atoms with Crippen LogP contribution < -0.4 is 0 Å². The van der Waals surface area contributed by atoms with Crippen LogP contribution in [-0.4, -0.2) is 23.8 Å². The molecule has 92 valence electrons. The third-order valence-corrected chi connectivity index (χ3v) is 2.57. The minimum absolute atomic E-state index is 0.134. The Hall–Kier alpha value is -1.19. The number of esters is 1. The molecule has 1 rings (SSSR count). The Morgan fingerprint density at radius 2 is 2.06 bits per heavy atom. The predicted octanol–water partition coefficient (Wildman–Crippen LogP) is 2.69. The fourth-order valence-electron chi connectivity index (χ4n) is 1.68. The lowest BCUT2D eigenvalue weighted by Gasteiger charge is -2.20. The first-order valence-corrected chi connectivity index (χ1v) is 5.95. The highest BCUT2D eigenvalue weighted by Crippen LogP contribution is 2.20. The molecule has 0 unspecified atom stereocenters. The lowest BCUT2D eigenvalue weighted by molar-refractivity contribution is -0.142. The third kappa shape index (κ3) is 4.55. The molecule has 0 aromatic carbocycles. The number of carbonyl (C=O) groups excluding carboxylic acids is 1. The lowest BCUT2D eigenvalue weighted by atomic mass is 9.98. The van der Waals surface area contributed by atoms with Crippen LogP contribution in [0, 0.1) is 0 Å². The van der Waals surface area contributed by atoms with Gasteiger partial charge in [-0.25, -0.2) is 4.79 Å². The van der Waals surface area contributed by atoms with E-state index in [4.69, 9.17) is 9.47 Å². The van der Waals surface area contributed by atoms with Gasteiger partial charge in [-0.15, -0.1) is 0 Å². The zero-order valence-corrected chi connectivity index (χ0v) is 9.78. The molecule has 0 bridgehead atoms. The molecular formula is C12H20O4. The normalized spacial score (nSPS) is 18.2. The van der Waals surface area contributed by atoms with Gasteiger partial charge in [0.05, 0.1) is 12.7 Å². The molecule has 0 spiro atoms. The quantitative estimate of drug-likeness (QED) is 0.446. The maximum absolute atomic E-state index is 11.2. The molecule has 1 fully saturated rings. The van der Waals surface area contributed by atoms with Gasteiger partial charge >= 0.3 is 5.97 Å². The van der Waals surface area contributed by atoms with Gasteiger partial charge in [0, 0.05) is 0 Å². The minimum atomic E-state index is -0.711. The van der Waals surface area contributed by atoms with Gasteiger partial charge < -0.3 is 14.6 Å². The van der Waals surface area contributed by atoms with Gasteiger partial charge in [-0.2, -0.15) is 0 Å². The third-order valence-electron chi connectivity index (χ3n) is 2.57. The molecule has 0 saturated heterocycles. The summed E-state index contributed by atoms with van der Waals surface area (Å²) in [6.07, 6.45) is 7.53. The molecule has 0 radical (unpaired) electrons. The summed E-state index contributed by atoms with van der Waals surface area (Å²) in [6.45, 7) is 2.22. The topological polar surface area (TPSA) is 55.8 Å². The van der Waals surface area contributed by atoms with Crippen molar-refractivity contribution in [2.75, 3.05) is 6.61 Å². The molecule has 0 amide bonds. The fourth-order valence-corrected chi connectivity index (χ4v) is 1.68. The van der Waals surface area contributed by atoms with E-state index < -0.39 is 11.7 Å². The predicted molar refractivity (Wildman–Crippen MR) is 59.9 cm³/mol. The van der Waals surface area contributed by atoms with E-state index >= 15 is 0 Å². The van der Waals surface area contributed by atoms with Gasteiger partial charge in [-0.1, -0.05) is 13.3 Å². The summed E-state index contributed by atoms with van der Waals surface area (Å²) in [5.41, 5.74) is 0. The van der Waals surface area contributed by atoms with Crippen molar-refractivity contribution >= 4 is 5.97 Å². The number of ether oxygens (including phenoxy) is 2. The van der Waals surface area contributed by atoms with Crippen LogP contribution in [0.1, 0.15) is 45.4 Å². The van der Waals surface area contributed by atoms with E-state index in [0.29, 0.717) is 6.61 Å². The summed E-state index contributed by atoms with van der Waals surface area (Å²) in [5, 5.41) is 9.34. The average molecular weight is 228 g/mol. The van der Waals surface area contributed by atoms with E-state index in [9.17, 15) is 9.90 Å². The largest absolute Gasteiger partial charge is 0.500 e. The zero-order valence-electron chi connectivity index (χ0n) is 9.78. The van der Waals surface area contributed by atoms with Crippen LogP contribution >= 0.6 is 0 Å². The summed E-state index contributed by atoms with van der Waals surface area (Å²) < 4.78 is 10.1. The summed E-state index contributed by atoms with van der Waals surface area (Å²) in [6, 6.07) is 0. The van der Waals surface area contributed by atoms with E-state index in [-0.39, 0.29) is 6.10 Å². The summed E-state index contributed by atoms with van der Waals surface area (Å²) in [5.74, 6) is -1.16. The molecule has 1 saturated carbocycles. The summed E-state index contributed by atoms with van der Waals surface area (Å²) >= 11 is 0. The second-order valence-electron chi connectivity index (χ2n) is 4.04. The molecule has 4 heteroatoms. The highest BCUT2D eigenvalue weighted by Gasteiger charge is 2.15. The first-order valence-electron chi connectivity index (χ1n) is 5.95. The number of rotatable bonds is 5. The Morgan fingerprint density at radius 3 is 2.69 bits per heavy atom. The maximum atomic E-state index is 11.2. The fraction of sp³-hybridized carbons (Fsp3) is 0.750. The van der Waals surface area contributed by atoms with Gasteiger partial charge in [0.15, 0.2) is 0 Å². The Bertz CT molecular complexity index is 241. The van der Waals surface area contributed by atoms with Gasteiger partial charge in [0.1, 0.15) is 6.26 Å². The standard InChI is InChI=1S/C12H20O4/c1-2-8-15-12(14)11(13)9-16-10-6-4-3-5-7-10/h9-10,13H,2-8H2,1H3. The molecule has 1 aliphatic carbocycles. The van der Waals surface area contributed by atoms with Crippen molar-refractivity contribution in [2.24, 2.45) is 0 Å². The van der Waals surface area contributed by atoms with Crippen LogP contribution in [0.15, 0.2) is 12.0 Å². The first-order chi connectivity index (χ1) is 7.74. The second kappa shape index (κ2) is 7.14. The number of aliphatic hydroxyl groups excluding tert-OH is 1. The molecule has 1 N–H and O–H groups in total. The lowest BCUT2D eigenvalue weighted by Crippen LogP contribution is -2.15. The number of hydrogen-bond acceptors (Lipinski definition) is 4. The van der Waals surface area contributed by atoms with E-state index in [0.717, 1.165) is 38.4 Å². The van der Waals surface area contributed by atoms with E-state index in [1.807, 2.05) is 6.92 Å². The Labute approximate surface area is 96.2 Å². The second-order valence-corrected chi connectivity index (χ2v) is 4.04. The van der Waals surface area contributed by atoms with Crippen LogP contribution in [-0.2, 0) is 14.3 Å². The number of carbonyl (C=O) groups is 1. The van der Waals surface area contributed by atoms with E-state index in [1.165, 1.54) is 6.42 Å². The maximum Gasteiger partial charge on any atom is 0.376 e. The monoisotopic (exact) mass is 228 g/mol. The van der Waals surface area contributed by atoms with Crippen molar-refractivity contribution in [3.8, 4) is 0 Å². The molecule has 4 nitrogen and oxygen atoms in total. The van der Waals surface area contributed by atoms with Gasteiger partial charge in [0.2, 0.25) is 5.76 Å². The van der Waals surface area contributed by atoms with Crippen molar-refractivity contribution < 1.29 is 19.4 Å². The first kappa shape index (κ1) is 12.9. The van der Waals surface area contributed by atoms with Crippen LogP contribution in [0.2, 0.25) is 0 Å². The highest BCUT2D eigenvalue weighted by molar-refractivity contribution is 5.85. The Morgan fingerprint density at radius 1 is 1.38 bits per heavy atom. The molecule has 1 aliphatic rings. The minimum Gasteiger partial charge on any atom is -0.500 e. The zero-order chi connectivity index (χ0) is 11.8. The Balaban J connectivity index is 2.28. The van der Waals surface area contributed by atoms with Crippen molar-refractivity contribution in [1.82, 2.24) is 0 Å². The molecule has 0 heterocycles. The summed E-state index contributed by atoms with van der Waals surface area (Å²) in [4.78, 5) is 11.2. The van der Waals surface area contributed by atoms with Crippen LogP contribution in [0.25, 0.3) is 0 Å². The molecule has 0 aromatic rings. The van der Waals surface area contributed by atoms with Crippen LogP contribution in [0.4, 0.5) is 0 Å². The number of aliphatic hydroxyl groups is 1. The van der Waals surface area contributed by atoms with Gasteiger partial charge in [-0.05, 0) is 32.1 Å².